The van der Waals surface area contributed by atoms with Gasteiger partial charge in [-0.05, 0) is 91.1 Å². The number of fused-ring (bicyclic) bond motifs is 2. The highest BCUT2D eigenvalue weighted by Gasteiger charge is 2.46. The summed E-state index contributed by atoms with van der Waals surface area (Å²) < 4.78 is 64.2. The Hall–Kier alpha value is -8.57. The van der Waals surface area contributed by atoms with Gasteiger partial charge in [-0.2, -0.15) is 0 Å². The average molecular weight is 1180 g/mol. The van der Waals surface area contributed by atoms with Crippen molar-refractivity contribution in [1.82, 2.24) is 25.1 Å². The number of likely N-dealkylation sites (tertiary alicyclic amines) is 1. The number of aryl methyl sites for hydroxylation is 1. The van der Waals surface area contributed by atoms with Gasteiger partial charge in [-0.3, -0.25) is 29.0 Å². The Morgan fingerprint density at radius 2 is 1.46 bits per heavy atom. The molecule has 4 N–H and O–H groups in total. The lowest BCUT2D eigenvalue weighted by molar-refractivity contribution is -0.143. The van der Waals surface area contributed by atoms with Gasteiger partial charge in [0, 0.05) is 112 Å². The van der Waals surface area contributed by atoms with E-state index in [0.717, 1.165) is 33.3 Å². The monoisotopic (exact) mass is 1180 g/mol. The van der Waals surface area contributed by atoms with Crippen LogP contribution in [0.2, 0.25) is 0 Å². The van der Waals surface area contributed by atoms with E-state index < -0.39 is 54.0 Å². The second kappa shape index (κ2) is 28.8. The standard InChI is InChI=1S/C63H67F2N7O12S/c1-38(2)59(72-35-42-10-5-6-11-47(42)62(72)77)63(78)71-36-46(73)30-51(71)61(76)67-34-41-13-12-40(60-39(3)68-37-85-60)28-54(41)82-26-8-24-80-22-7-23-81-25-9-27-83-56-32-50-48(31-55(56)79-4)52(20-21-66-50)84-53-19-18-45(29-49(53)65)70-58(75)33-57(74)69-44-16-14-43(64)15-17-44/h5-6,10-21,28-29,31-32,37-38,46,51,59,73H,7-9,22-27,30,33-36H2,1-4H3,(H,67,76)(H,69,74)(H,70,75)/t46-,51+,59+/m1/s1. The Morgan fingerprint density at radius 1 is 0.765 bits per heavy atom. The third-order valence-corrected chi connectivity index (χ3v) is 15.3. The van der Waals surface area contributed by atoms with E-state index in [0.29, 0.717) is 111 Å². The van der Waals surface area contributed by atoms with Gasteiger partial charge in [-0.25, -0.2) is 13.8 Å². The normalized spacial score (nSPS) is 15.0. The maximum atomic E-state index is 15.3. The summed E-state index contributed by atoms with van der Waals surface area (Å²) in [6.07, 6.45) is 2.00. The van der Waals surface area contributed by atoms with Crippen LogP contribution in [0.15, 0.2) is 115 Å². The number of nitrogens with one attached hydrogen (secondary N) is 3. The highest BCUT2D eigenvalue weighted by atomic mass is 32.1. The van der Waals surface area contributed by atoms with Gasteiger partial charge < -0.3 is 59.3 Å². The second-order valence-corrected chi connectivity index (χ2v) is 21.7. The number of carbonyl (C=O) groups excluding carboxylic acids is 5. The second-order valence-electron chi connectivity index (χ2n) is 20.8. The summed E-state index contributed by atoms with van der Waals surface area (Å²) in [6.45, 7) is 8.61. The maximum Gasteiger partial charge on any atom is 0.255 e. The van der Waals surface area contributed by atoms with Crippen molar-refractivity contribution in [1.29, 1.82) is 0 Å². The minimum absolute atomic E-state index is 0.0154. The van der Waals surface area contributed by atoms with E-state index in [4.69, 9.17) is 28.4 Å². The van der Waals surface area contributed by atoms with Gasteiger partial charge in [-0.1, -0.05) is 44.2 Å². The quantitative estimate of drug-likeness (QED) is 0.0265. The first-order valence-electron chi connectivity index (χ1n) is 28.0. The molecule has 7 aromatic rings. The zero-order chi connectivity index (χ0) is 60.0. The van der Waals surface area contributed by atoms with Crippen LogP contribution >= 0.6 is 11.3 Å². The van der Waals surface area contributed by atoms with Crippen LogP contribution in [-0.4, -0.2) is 126 Å². The number of carbonyl (C=O) groups is 5. The van der Waals surface area contributed by atoms with Crippen LogP contribution in [-0.2, 0) is 41.7 Å². The number of hydrogen-bond acceptors (Lipinski definition) is 15. The van der Waals surface area contributed by atoms with Crippen molar-refractivity contribution >= 4 is 63.2 Å². The van der Waals surface area contributed by atoms with Crippen molar-refractivity contribution in [3.63, 3.8) is 0 Å². The van der Waals surface area contributed by atoms with Gasteiger partial charge in [0.2, 0.25) is 23.6 Å². The number of rotatable bonds is 28. The average Bonchev–Trinajstić information content (AvgIpc) is 2.35. The number of ether oxygens (including phenoxy) is 6. The first-order chi connectivity index (χ1) is 41.1. The molecule has 5 amide bonds. The Morgan fingerprint density at radius 3 is 2.14 bits per heavy atom. The summed E-state index contributed by atoms with van der Waals surface area (Å²) in [6, 6.07) is 25.3. The van der Waals surface area contributed by atoms with Crippen LogP contribution in [0, 0.1) is 24.5 Å². The summed E-state index contributed by atoms with van der Waals surface area (Å²) in [5.74, 6) is -2.17. The predicted octanol–water partition coefficient (Wildman–Crippen LogP) is 9.63. The number of hydrogen-bond donors (Lipinski definition) is 4. The molecule has 22 heteroatoms. The van der Waals surface area contributed by atoms with Crippen LogP contribution in [0.25, 0.3) is 21.3 Å². The highest BCUT2D eigenvalue weighted by molar-refractivity contribution is 7.13. The third-order valence-electron chi connectivity index (χ3n) is 14.3. The largest absolute Gasteiger partial charge is 0.493 e. The molecule has 4 heterocycles. The fraction of sp³-hybridized carbons (Fsp3) is 0.349. The molecule has 5 aromatic carbocycles. The Bertz CT molecular complexity index is 3510. The van der Waals surface area contributed by atoms with Gasteiger partial charge in [0.15, 0.2) is 23.1 Å². The lowest BCUT2D eigenvalue weighted by Gasteiger charge is -2.35. The number of halogens is 2. The molecule has 19 nitrogen and oxygen atoms in total. The lowest BCUT2D eigenvalue weighted by Crippen LogP contribution is -2.55. The summed E-state index contributed by atoms with van der Waals surface area (Å²) >= 11 is 1.52. The van der Waals surface area contributed by atoms with Crippen molar-refractivity contribution in [3.05, 3.63) is 149 Å². The highest BCUT2D eigenvalue weighted by Crippen LogP contribution is 2.39. The zero-order valence-electron chi connectivity index (χ0n) is 47.6. The van der Waals surface area contributed by atoms with E-state index in [-0.39, 0.29) is 48.7 Å². The van der Waals surface area contributed by atoms with Gasteiger partial charge in [-0.15, -0.1) is 11.3 Å². The number of aromatic nitrogens is 2. The summed E-state index contributed by atoms with van der Waals surface area (Å²) in [5, 5.41) is 19.3. The summed E-state index contributed by atoms with van der Waals surface area (Å²) in [5.41, 5.74) is 6.69. The minimum atomic E-state index is -0.927. The molecular formula is C63H67F2N7O12S. The van der Waals surface area contributed by atoms with E-state index in [2.05, 4.69) is 25.9 Å². The van der Waals surface area contributed by atoms with Crippen LogP contribution in [0.5, 0.6) is 28.7 Å². The predicted molar refractivity (Wildman–Crippen MR) is 315 cm³/mol. The molecule has 2 aliphatic rings. The first-order valence-corrected chi connectivity index (χ1v) is 28.9. The Labute approximate surface area is 494 Å². The molecule has 1 fully saturated rings. The van der Waals surface area contributed by atoms with E-state index in [1.165, 1.54) is 65.9 Å². The zero-order valence-corrected chi connectivity index (χ0v) is 48.4. The van der Waals surface area contributed by atoms with Gasteiger partial charge in [0.05, 0.1) is 48.0 Å². The lowest BCUT2D eigenvalue weighted by atomic mass is 10.0. The fourth-order valence-electron chi connectivity index (χ4n) is 10.1. The van der Waals surface area contributed by atoms with Crippen molar-refractivity contribution in [2.24, 2.45) is 5.92 Å². The minimum Gasteiger partial charge on any atom is -0.493 e. The van der Waals surface area contributed by atoms with E-state index in [1.807, 2.05) is 51.1 Å². The van der Waals surface area contributed by atoms with Crippen LogP contribution in [0.3, 0.4) is 0 Å². The number of aliphatic hydroxyl groups excluding tert-OH is 1. The SMILES string of the molecule is COc1cc2c(Oc3ccc(NC(=O)CC(=O)Nc4ccc(F)cc4)cc3F)ccnc2cc1OCCCOCCCOCCCOc1cc(-c2scnc2C)ccc1CNC(=O)[C@@H]1C[C@@H](O)CN1C(=O)[C@H](C(C)C)N1Cc2ccccc2C1=O. The molecule has 3 atom stereocenters. The number of aliphatic hydroxyl groups is 1. The number of β-amino-alcohol motifs (C(OH)–C–C–N with tert-alkyl or cyclic N) is 1. The number of benzene rings is 5. The van der Waals surface area contributed by atoms with Gasteiger partial charge >= 0.3 is 0 Å². The maximum absolute atomic E-state index is 15.3. The molecular weight excluding hydrogens is 1120 g/mol. The van der Waals surface area contributed by atoms with E-state index in [9.17, 15) is 33.5 Å². The number of pyridine rings is 1. The van der Waals surface area contributed by atoms with Crippen LogP contribution < -0.4 is 34.9 Å². The number of amides is 5. The first kappa shape index (κ1) is 61.0. The van der Waals surface area contributed by atoms with Crippen LogP contribution in [0.1, 0.15) is 73.1 Å². The van der Waals surface area contributed by atoms with Crippen LogP contribution in [0.4, 0.5) is 20.2 Å². The molecule has 0 unspecified atom stereocenters. The molecule has 0 spiro atoms. The Balaban J connectivity index is 0.685. The van der Waals surface area contributed by atoms with Crippen molar-refractivity contribution < 1.29 is 66.3 Å². The molecule has 9 rings (SSSR count). The topological polar surface area (TPSA) is 229 Å². The van der Waals surface area contributed by atoms with Gasteiger partial charge in [0.25, 0.3) is 5.91 Å². The van der Waals surface area contributed by atoms with Crippen molar-refractivity contribution in [2.75, 3.05) is 63.9 Å². The number of anilines is 2. The smallest absolute Gasteiger partial charge is 0.255 e. The number of nitrogens with zero attached hydrogens (tertiary/aromatic N) is 4. The molecule has 446 valence electrons. The summed E-state index contributed by atoms with van der Waals surface area (Å²) in [4.78, 5) is 79.4. The molecule has 1 saturated heterocycles. The van der Waals surface area contributed by atoms with Crippen molar-refractivity contribution in [3.8, 4) is 39.2 Å². The molecule has 85 heavy (non-hydrogen) atoms. The van der Waals surface area contributed by atoms with Crippen molar-refractivity contribution in [2.45, 2.75) is 84.2 Å². The molecule has 0 aliphatic carbocycles. The third kappa shape index (κ3) is 15.6. The molecule has 2 aromatic heterocycles. The molecule has 0 bridgehead atoms. The number of methoxy groups -OCH3 is 1. The molecule has 0 radical (unpaired) electrons. The number of thiazole rings is 1. The Kier molecular flexibility index (Phi) is 20.7. The molecule has 0 saturated carbocycles. The van der Waals surface area contributed by atoms with E-state index in [1.54, 1.807) is 40.7 Å². The summed E-state index contributed by atoms with van der Waals surface area (Å²) in [7, 11) is 1.50. The van der Waals surface area contributed by atoms with E-state index >= 15 is 4.39 Å². The molecule has 2 aliphatic heterocycles. The fourth-order valence-corrected chi connectivity index (χ4v) is 10.9. The van der Waals surface area contributed by atoms with Gasteiger partial charge in [0.1, 0.15) is 35.8 Å².